The lowest BCUT2D eigenvalue weighted by molar-refractivity contribution is 0.111. The molecule has 0 aromatic heterocycles. The second kappa shape index (κ2) is 3.46. The van der Waals surface area contributed by atoms with Gasteiger partial charge in [-0.1, -0.05) is 0 Å². The minimum Gasteiger partial charge on any atom is -0.298 e. The van der Waals surface area contributed by atoms with E-state index >= 15 is 0 Å². The standard InChI is InChI=1S/C8H3BrFNO/c9-7-1-5(3-11)2-8(10)6(7)4-12/h1-2,4H. The fourth-order valence-corrected chi connectivity index (χ4v) is 1.29. The molecule has 0 saturated carbocycles. The molecule has 0 unspecified atom stereocenters. The van der Waals surface area contributed by atoms with Gasteiger partial charge in [-0.15, -0.1) is 0 Å². The first kappa shape index (κ1) is 8.88. The first-order valence-corrected chi connectivity index (χ1v) is 3.82. The highest BCUT2D eigenvalue weighted by atomic mass is 79.9. The van der Waals surface area contributed by atoms with Crippen molar-refractivity contribution in [3.05, 3.63) is 33.5 Å². The molecule has 1 rings (SSSR count). The van der Waals surface area contributed by atoms with Crippen LogP contribution in [0.2, 0.25) is 0 Å². The summed E-state index contributed by atoms with van der Waals surface area (Å²) < 4.78 is 13.2. The first-order chi connectivity index (χ1) is 5.69. The number of halogens is 2. The molecule has 1 aromatic rings. The van der Waals surface area contributed by atoms with E-state index in [4.69, 9.17) is 5.26 Å². The van der Waals surface area contributed by atoms with Crippen LogP contribution in [0, 0.1) is 17.1 Å². The maximum Gasteiger partial charge on any atom is 0.154 e. The van der Waals surface area contributed by atoms with Crippen LogP contribution in [0.25, 0.3) is 0 Å². The van der Waals surface area contributed by atoms with Crippen molar-refractivity contribution in [2.45, 2.75) is 0 Å². The van der Waals surface area contributed by atoms with Crippen LogP contribution in [0.5, 0.6) is 0 Å². The maximum atomic E-state index is 12.9. The molecule has 60 valence electrons. The number of nitrogens with zero attached hydrogens (tertiary/aromatic N) is 1. The average molecular weight is 228 g/mol. The van der Waals surface area contributed by atoms with Crippen LogP contribution in [-0.2, 0) is 0 Å². The van der Waals surface area contributed by atoms with Crippen molar-refractivity contribution in [3.63, 3.8) is 0 Å². The molecule has 12 heavy (non-hydrogen) atoms. The van der Waals surface area contributed by atoms with Crippen molar-refractivity contribution in [3.8, 4) is 6.07 Å². The molecule has 0 aliphatic carbocycles. The molecular formula is C8H3BrFNO. The quantitative estimate of drug-likeness (QED) is 0.691. The van der Waals surface area contributed by atoms with Crippen LogP contribution in [0.3, 0.4) is 0 Å². The number of rotatable bonds is 1. The summed E-state index contributed by atoms with van der Waals surface area (Å²) in [5, 5.41) is 8.42. The monoisotopic (exact) mass is 227 g/mol. The van der Waals surface area contributed by atoms with E-state index in [2.05, 4.69) is 15.9 Å². The van der Waals surface area contributed by atoms with Gasteiger partial charge in [0, 0.05) is 4.47 Å². The van der Waals surface area contributed by atoms with Gasteiger partial charge in [0.1, 0.15) is 5.82 Å². The molecule has 0 saturated heterocycles. The second-order valence-electron chi connectivity index (χ2n) is 2.08. The smallest absolute Gasteiger partial charge is 0.154 e. The lowest BCUT2D eigenvalue weighted by atomic mass is 10.1. The number of hydrogen-bond donors (Lipinski definition) is 0. The molecule has 0 fully saturated rings. The van der Waals surface area contributed by atoms with Crippen LogP contribution in [0.1, 0.15) is 15.9 Å². The second-order valence-corrected chi connectivity index (χ2v) is 2.94. The van der Waals surface area contributed by atoms with Crippen molar-refractivity contribution in [2.75, 3.05) is 0 Å². The first-order valence-electron chi connectivity index (χ1n) is 3.03. The van der Waals surface area contributed by atoms with E-state index < -0.39 is 5.82 Å². The lowest BCUT2D eigenvalue weighted by Gasteiger charge is -1.97. The number of benzene rings is 1. The van der Waals surface area contributed by atoms with Gasteiger partial charge in [-0.25, -0.2) is 4.39 Å². The molecule has 0 atom stereocenters. The van der Waals surface area contributed by atoms with Gasteiger partial charge < -0.3 is 0 Å². The summed E-state index contributed by atoms with van der Waals surface area (Å²) in [6, 6.07) is 4.19. The Hall–Kier alpha value is -1.21. The minimum atomic E-state index is -0.684. The zero-order valence-corrected chi connectivity index (χ0v) is 7.43. The van der Waals surface area contributed by atoms with E-state index in [1.165, 1.54) is 6.07 Å². The van der Waals surface area contributed by atoms with Crippen LogP contribution in [-0.4, -0.2) is 6.29 Å². The molecule has 0 spiro atoms. The van der Waals surface area contributed by atoms with Gasteiger partial charge in [-0.2, -0.15) is 5.26 Å². The molecule has 4 heteroatoms. The predicted octanol–water partition coefficient (Wildman–Crippen LogP) is 2.27. The van der Waals surface area contributed by atoms with Gasteiger partial charge in [-0.05, 0) is 28.1 Å². The average Bonchev–Trinajstić information content (AvgIpc) is 2.03. The summed E-state index contributed by atoms with van der Waals surface area (Å²) in [6.45, 7) is 0. The minimum absolute atomic E-state index is 0.0611. The fourth-order valence-electron chi connectivity index (χ4n) is 0.761. The van der Waals surface area contributed by atoms with Gasteiger partial charge in [-0.3, -0.25) is 4.79 Å². The number of carbonyl (C=O) groups is 1. The molecule has 1 aromatic carbocycles. The normalized spacial score (nSPS) is 9.08. The third-order valence-electron chi connectivity index (χ3n) is 1.33. The molecular weight excluding hydrogens is 225 g/mol. The number of hydrogen-bond acceptors (Lipinski definition) is 2. The molecule has 0 aliphatic heterocycles. The number of aldehydes is 1. The van der Waals surface area contributed by atoms with Crippen molar-refractivity contribution < 1.29 is 9.18 Å². The molecule has 0 bridgehead atoms. The molecule has 0 amide bonds. The van der Waals surface area contributed by atoms with E-state index in [9.17, 15) is 9.18 Å². The van der Waals surface area contributed by atoms with Gasteiger partial charge in [0.15, 0.2) is 6.29 Å². The predicted molar refractivity (Wildman–Crippen MR) is 44.2 cm³/mol. The molecule has 0 radical (unpaired) electrons. The Morgan fingerprint density at radius 3 is 2.67 bits per heavy atom. The Kier molecular flexibility index (Phi) is 2.56. The van der Waals surface area contributed by atoms with Gasteiger partial charge in [0.2, 0.25) is 0 Å². The van der Waals surface area contributed by atoms with Gasteiger partial charge in [0.25, 0.3) is 0 Å². The van der Waals surface area contributed by atoms with Gasteiger partial charge in [0.05, 0.1) is 17.2 Å². The summed E-state index contributed by atoms with van der Waals surface area (Å²) in [4.78, 5) is 10.3. The number of nitriles is 1. The Morgan fingerprint density at radius 2 is 2.25 bits per heavy atom. The third kappa shape index (κ3) is 1.51. The van der Waals surface area contributed by atoms with E-state index in [1.807, 2.05) is 0 Å². The van der Waals surface area contributed by atoms with Crippen molar-refractivity contribution in [2.24, 2.45) is 0 Å². The summed E-state index contributed by atoms with van der Waals surface area (Å²) in [5.41, 5.74) is 0.124. The zero-order chi connectivity index (χ0) is 9.14. The van der Waals surface area contributed by atoms with E-state index in [0.29, 0.717) is 10.8 Å². The van der Waals surface area contributed by atoms with Crippen LogP contribution in [0.15, 0.2) is 16.6 Å². The Bertz CT molecular complexity index is 347. The zero-order valence-electron chi connectivity index (χ0n) is 5.84. The van der Waals surface area contributed by atoms with Crippen molar-refractivity contribution in [1.29, 1.82) is 5.26 Å². The lowest BCUT2D eigenvalue weighted by Crippen LogP contribution is -1.90. The summed E-state index contributed by atoms with van der Waals surface area (Å²) in [5.74, 6) is -0.684. The van der Waals surface area contributed by atoms with Crippen molar-refractivity contribution in [1.82, 2.24) is 0 Å². The van der Waals surface area contributed by atoms with Crippen LogP contribution >= 0.6 is 15.9 Å². The fraction of sp³-hybridized carbons (Fsp3) is 0. The highest BCUT2D eigenvalue weighted by molar-refractivity contribution is 9.10. The van der Waals surface area contributed by atoms with Crippen LogP contribution < -0.4 is 0 Å². The Balaban J connectivity index is 3.39. The summed E-state index contributed by atoms with van der Waals surface area (Å²) >= 11 is 2.98. The third-order valence-corrected chi connectivity index (χ3v) is 1.98. The topological polar surface area (TPSA) is 40.9 Å². The maximum absolute atomic E-state index is 12.9. The molecule has 0 N–H and O–H groups in total. The van der Waals surface area contributed by atoms with Crippen molar-refractivity contribution >= 4 is 22.2 Å². The summed E-state index contributed by atoms with van der Waals surface area (Å²) in [6.07, 6.45) is 0.403. The van der Waals surface area contributed by atoms with E-state index in [-0.39, 0.29) is 11.1 Å². The number of carbonyl (C=O) groups excluding carboxylic acids is 1. The van der Waals surface area contributed by atoms with Crippen LogP contribution in [0.4, 0.5) is 4.39 Å². The SMILES string of the molecule is N#Cc1cc(F)c(C=O)c(Br)c1. The van der Waals surface area contributed by atoms with E-state index in [1.54, 1.807) is 6.07 Å². The largest absolute Gasteiger partial charge is 0.298 e. The molecule has 0 aliphatic rings. The molecule has 0 heterocycles. The molecule has 2 nitrogen and oxygen atoms in total. The highest BCUT2D eigenvalue weighted by Gasteiger charge is 2.07. The van der Waals surface area contributed by atoms with Gasteiger partial charge >= 0.3 is 0 Å². The summed E-state index contributed by atoms with van der Waals surface area (Å²) in [7, 11) is 0. The Morgan fingerprint density at radius 1 is 1.58 bits per heavy atom. The highest BCUT2D eigenvalue weighted by Crippen LogP contribution is 2.19. The Labute approximate surface area is 76.7 Å². The van der Waals surface area contributed by atoms with E-state index in [0.717, 1.165) is 6.07 Å².